The van der Waals surface area contributed by atoms with Crippen LogP contribution in [0.1, 0.15) is 39.3 Å². The Bertz CT molecular complexity index is 539. The van der Waals surface area contributed by atoms with Gasteiger partial charge in [0, 0.05) is 24.2 Å². The maximum Gasteiger partial charge on any atom is 0.407 e. The number of phenols is 1. The summed E-state index contributed by atoms with van der Waals surface area (Å²) in [7, 11) is 0. The lowest BCUT2D eigenvalue weighted by atomic mass is 10.1. The van der Waals surface area contributed by atoms with Crippen molar-refractivity contribution >= 4 is 6.09 Å². The maximum absolute atomic E-state index is 11.7. The van der Waals surface area contributed by atoms with Gasteiger partial charge in [-0.15, -0.1) is 0 Å². The molecule has 2 atom stereocenters. The number of hydrogen-bond acceptors (Lipinski definition) is 5. The number of carbonyl (C=O) groups is 1. The van der Waals surface area contributed by atoms with Crippen molar-refractivity contribution in [2.45, 2.75) is 45.4 Å². The van der Waals surface area contributed by atoms with Crippen LogP contribution in [0.5, 0.6) is 11.5 Å². The molecule has 1 aromatic carbocycles. The molecule has 1 aromatic rings. The first-order valence-electron chi connectivity index (χ1n) is 7.43. The van der Waals surface area contributed by atoms with Gasteiger partial charge in [-0.05, 0) is 39.8 Å². The highest BCUT2D eigenvalue weighted by Crippen LogP contribution is 2.34. The molecule has 0 saturated heterocycles. The van der Waals surface area contributed by atoms with Crippen LogP contribution in [0.3, 0.4) is 0 Å². The Hall–Kier alpha value is -1.95. The van der Waals surface area contributed by atoms with Crippen LogP contribution < -0.4 is 15.4 Å². The van der Waals surface area contributed by atoms with E-state index in [-0.39, 0.29) is 17.8 Å². The predicted octanol–water partition coefficient (Wildman–Crippen LogP) is 2.33. The van der Waals surface area contributed by atoms with Crippen LogP contribution in [0.4, 0.5) is 4.79 Å². The molecule has 0 spiro atoms. The van der Waals surface area contributed by atoms with Crippen molar-refractivity contribution in [1.29, 1.82) is 0 Å². The number of rotatable bonds is 4. The minimum Gasteiger partial charge on any atom is -0.508 e. The predicted molar refractivity (Wildman–Crippen MR) is 83.2 cm³/mol. The average Bonchev–Trinajstić information content (AvgIpc) is 2.76. The molecule has 0 fully saturated rings. The van der Waals surface area contributed by atoms with E-state index >= 15 is 0 Å². The summed E-state index contributed by atoms with van der Waals surface area (Å²) in [6.07, 6.45) is -0.421. The molecule has 0 aromatic heterocycles. The van der Waals surface area contributed by atoms with E-state index in [0.717, 1.165) is 5.56 Å². The number of alkyl carbamates (subject to hydrolysis) is 1. The van der Waals surface area contributed by atoms with Gasteiger partial charge >= 0.3 is 6.09 Å². The van der Waals surface area contributed by atoms with Gasteiger partial charge in [-0.2, -0.15) is 0 Å². The molecule has 1 aliphatic heterocycles. The summed E-state index contributed by atoms with van der Waals surface area (Å²) in [5, 5.41) is 15.6. The molecule has 2 unspecified atom stereocenters. The molecule has 3 N–H and O–H groups in total. The minimum atomic E-state index is -0.503. The first-order valence-corrected chi connectivity index (χ1v) is 7.43. The molecule has 122 valence electrons. The zero-order valence-corrected chi connectivity index (χ0v) is 13.5. The molecule has 2 rings (SSSR count). The van der Waals surface area contributed by atoms with Gasteiger partial charge in [0.2, 0.25) is 0 Å². The van der Waals surface area contributed by atoms with Crippen LogP contribution in [-0.4, -0.2) is 36.0 Å². The van der Waals surface area contributed by atoms with Crippen LogP contribution in [-0.2, 0) is 4.74 Å². The van der Waals surface area contributed by atoms with Crippen molar-refractivity contribution < 1.29 is 19.4 Å². The Balaban J connectivity index is 1.81. The van der Waals surface area contributed by atoms with Crippen molar-refractivity contribution in [2.24, 2.45) is 0 Å². The number of fused-ring (bicyclic) bond motifs is 1. The Morgan fingerprint density at radius 1 is 1.50 bits per heavy atom. The lowest BCUT2D eigenvalue weighted by molar-refractivity contribution is 0.0507. The van der Waals surface area contributed by atoms with Gasteiger partial charge in [0.25, 0.3) is 0 Å². The van der Waals surface area contributed by atoms with E-state index in [1.54, 1.807) is 12.1 Å². The number of hydrogen-bond donors (Lipinski definition) is 3. The molecule has 1 aliphatic rings. The lowest BCUT2D eigenvalue weighted by Gasteiger charge is -2.22. The summed E-state index contributed by atoms with van der Waals surface area (Å²) in [5.74, 6) is 0.893. The Morgan fingerprint density at radius 3 is 2.91 bits per heavy atom. The van der Waals surface area contributed by atoms with Crippen LogP contribution in [0, 0.1) is 0 Å². The van der Waals surface area contributed by atoms with Gasteiger partial charge in [0.15, 0.2) is 0 Å². The standard InChI is InChI=1S/C16H24N2O4/c1-10(18-15(20)22-16(2,3)4)8-17-13-9-21-14-7-11(19)5-6-12(13)14/h5-7,10,13,17,19H,8-9H2,1-4H3,(H,18,20). The van der Waals surface area contributed by atoms with Gasteiger partial charge in [0.1, 0.15) is 23.7 Å². The van der Waals surface area contributed by atoms with Gasteiger partial charge in [-0.3, -0.25) is 0 Å². The number of nitrogens with one attached hydrogen (secondary N) is 2. The summed E-state index contributed by atoms with van der Waals surface area (Å²) >= 11 is 0. The van der Waals surface area contributed by atoms with E-state index < -0.39 is 11.7 Å². The van der Waals surface area contributed by atoms with Crippen molar-refractivity contribution in [2.75, 3.05) is 13.2 Å². The SMILES string of the molecule is CC(CNC1COc2cc(O)ccc21)NC(=O)OC(C)(C)C. The highest BCUT2D eigenvalue weighted by atomic mass is 16.6. The summed E-state index contributed by atoms with van der Waals surface area (Å²) in [6, 6.07) is 5.08. The van der Waals surface area contributed by atoms with E-state index in [2.05, 4.69) is 10.6 Å². The molecule has 6 heteroatoms. The lowest BCUT2D eigenvalue weighted by Crippen LogP contribution is -2.43. The molecule has 22 heavy (non-hydrogen) atoms. The number of phenolic OH excluding ortho intramolecular Hbond substituents is 1. The van der Waals surface area contributed by atoms with Crippen LogP contribution >= 0.6 is 0 Å². The second kappa shape index (κ2) is 6.44. The highest BCUT2D eigenvalue weighted by molar-refractivity contribution is 5.68. The van der Waals surface area contributed by atoms with Gasteiger partial charge in [0.05, 0.1) is 6.04 Å². The number of benzene rings is 1. The van der Waals surface area contributed by atoms with Crippen molar-refractivity contribution in [3.63, 3.8) is 0 Å². The molecule has 6 nitrogen and oxygen atoms in total. The third kappa shape index (κ3) is 4.53. The van der Waals surface area contributed by atoms with Crippen LogP contribution in [0.25, 0.3) is 0 Å². The van der Waals surface area contributed by atoms with Gasteiger partial charge < -0.3 is 25.2 Å². The van der Waals surface area contributed by atoms with Crippen molar-refractivity contribution in [1.82, 2.24) is 10.6 Å². The zero-order valence-electron chi connectivity index (χ0n) is 13.5. The van der Waals surface area contributed by atoms with E-state index in [1.807, 2.05) is 33.8 Å². The maximum atomic E-state index is 11.7. The molecular weight excluding hydrogens is 284 g/mol. The molecule has 0 bridgehead atoms. The topological polar surface area (TPSA) is 79.8 Å². The third-order valence-corrected chi connectivity index (χ3v) is 3.21. The quantitative estimate of drug-likeness (QED) is 0.795. The molecular formula is C16H24N2O4. The number of ether oxygens (including phenoxy) is 2. The smallest absolute Gasteiger partial charge is 0.407 e. The monoisotopic (exact) mass is 308 g/mol. The van der Waals surface area contributed by atoms with Crippen LogP contribution in [0.2, 0.25) is 0 Å². The summed E-state index contributed by atoms with van der Waals surface area (Å²) in [5.41, 5.74) is 0.513. The molecule has 1 amide bonds. The second-order valence-corrected chi connectivity index (χ2v) is 6.54. The van der Waals surface area contributed by atoms with Crippen molar-refractivity contribution in [3.8, 4) is 11.5 Å². The number of aromatic hydroxyl groups is 1. The Kier molecular flexibility index (Phi) is 4.81. The molecule has 0 radical (unpaired) electrons. The number of carbonyl (C=O) groups excluding carboxylic acids is 1. The first-order chi connectivity index (χ1) is 10.2. The highest BCUT2D eigenvalue weighted by Gasteiger charge is 2.25. The summed E-state index contributed by atoms with van der Waals surface area (Å²) in [4.78, 5) is 11.7. The van der Waals surface area contributed by atoms with E-state index in [9.17, 15) is 9.90 Å². The average molecular weight is 308 g/mol. The van der Waals surface area contributed by atoms with E-state index in [1.165, 1.54) is 0 Å². The molecule has 0 aliphatic carbocycles. The first kappa shape index (κ1) is 16.4. The largest absolute Gasteiger partial charge is 0.508 e. The summed E-state index contributed by atoms with van der Waals surface area (Å²) < 4.78 is 10.8. The Labute approximate surface area is 130 Å². The fourth-order valence-electron chi connectivity index (χ4n) is 2.25. The van der Waals surface area contributed by atoms with E-state index in [4.69, 9.17) is 9.47 Å². The second-order valence-electron chi connectivity index (χ2n) is 6.54. The zero-order chi connectivity index (χ0) is 16.3. The third-order valence-electron chi connectivity index (χ3n) is 3.21. The Morgan fingerprint density at radius 2 is 2.23 bits per heavy atom. The minimum absolute atomic E-state index is 0.0542. The van der Waals surface area contributed by atoms with Gasteiger partial charge in [-0.1, -0.05) is 0 Å². The number of amides is 1. The summed E-state index contributed by atoms with van der Waals surface area (Å²) in [6.45, 7) is 8.50. The normalized spacial score (nSPS) is 18.3. The fraction of sp³-hybridized carbons (Fsp3) is 0.562. The fourth-order valence-corrected chi connectivity index (χ4v) is 2.25. The molecule has 0 saturated carbocycles. The van der Waals surface area contributed by atoms with Crippen LogP contribution in [0.15, 0.2) is 18.2 Å². The molecule has 1 heterocycles. The van der Waals surface area contributed by atoms with Crippen molar-refractivity contribution in [3.05, 3.63) is 23.8 Å². The van der Waals surface area contributed by atoms with Gasteiger partial charge in [-0.25, -0.2) is 4.79 Å². The van der Waals surface area contributed by atoms with E-state index in [0.29, 0.717) is 18.9 Å².